The molecular formula is C11H18Cl2O2. The van der Waals surface area contributed by atoms with Crippen molar-refractivity contribution in [2.45, 2.75) is 57.8 Å². The van der Waals surface area contributed by atoms with Crippen LogP contribution < -0.4 is 0 Å². The van der Waals surface area contributed by atoms with E-state index in [9.17, 15) is 9.59 Å². The summed E-state index contributed by atoms with van der Waals surface area (Å²) in [5, 5.41) is -0.480. The minimum absolute atomic E-state index is 0.240. The summed E-state index contributed by atoms with van der Waals surface area (Å²) in [4.78, 5) is 20.8. The second-order valence-electron chi connectivity index (χ2n) is 3.69. The van der Waals surface area contributed by atoms with Crippen molar-refractivity contribution in [2.75, 3.05) is 0 Å². The lowest BCUT2D eigenvalue weighted by molar-refractivity contribution is -0.112. The van der Waals surface area contributed by atoms with Gasteiger partial charge in [0.25, 0.3) is 0 Å². The first-order valence-corrected chi connectivity index (χ1v) is 6.25. The average Bonchev–Trinajstić information content (AvgIpc) is 2.14. The first kappa shape index (κ1) is 14.9. The lowest BCUT2D eigenvalue weighted by Crippen LogP contribution is -1.88. The van der Waals surface area contributed by atoms with Gasteiger partial charge in [0.2, 0.25) is 10.5 Å². The predicted molar refractivity (Wildman–Crippen MR) is 63.3 cm³/mol. The van der Waals surface area contributed by atoms with Crippen LogP contribution in [0.15, 0.2) is 0 Å². The van der Waals surface area contributed by atoms with Gasteiger partial charge in [0.05, 0.1) is 0 Å². The molecule has 0 fully saturated rings. The van der Waals surface area contributed by atoms with Crippen molar-refractivity contribution in [3.8, 4) is 0 Å². The molecule has 0 saturated carbocycles. The highest BCUT2D eigenvalue weighted by molar-refractivity contribution is 6.63. The van der Waals surface area contributed by atoms with Crippen LogP contribution in [0.4, 0.5) is 0 Å². The summed E-state index contributed by atoms with van der Waals surface area (Å²) in [5.41, 5.74) is 0. The van der Waals surface area contributed by atoms with Gasteiger partial charge in [0.1, 0.15) is 0 Å². The minimum Gasteiger partial charge on any atom is -0.281 e. The van der Waals surface area contributed by atoms with Crippen molar-refractivity contribution in [2.24, 2.45) is 0 Å². The zero-order valence-electron chi connectivity index (χ0n) is 8.94. The number of unbranched alkanes of at least 4 members (excludes halogenated alkanes) is 6. The maximum absolute atomic E-state index is 10.4. The van der Waals surface area contributed by atoms with Gasteiger partial charge in [-0.3, -0.25) is 9.59 Å². The van der Waals surface area contributed by atoms with E-state index in [1.54, 1.807) is 0 Å². The molecule has 0 N–H and O–H groups in total. The van der Waals surface area contributed by atoms with Crippen LogP contribution in [0, 0.1) is 0 Å². The van der Waals surface area contributed by atoms with Crippen molar-refractivity contribution < 1.29 is 9.59 Å². The summed E-state index contributed by atoms with van der Waals surface area (Å²) in [5.74, 6) is 0. The fourth-order valence-electron chi connectivity index (χ4n) is 1.41. The third kappa shape index (κ3) is 13.9. The predicted octanol–water partition coefficient (Wildman–Crippen LogP) is 4.03. The van der Waals surface area contributed by atoms with E-state index in [-0.39, 0.29) is 10.5 Å². The molecule has 0 saturated heterocycles. The fourth-order valence-corrected chi connectivity index (χ4v) is 1.68. The number of halogens is 2. The second-order valence-corrected chi connectivity index (χ2v) is 4.53. The molecule has 0 radical (unpaired) electrons. The van der Waals surface area contributed by atoms with E-state index < -0.39 is 0 Å². The Morgan fingerprint density at radius 1 is 0.600 bits per heavy atom. The maximum atomic E-state index is 10.4. The number of carbonyl (C=O) groups excluding carboxylic acids is 2. The molecule has 0 aromatic heterocycles. The molecule has 0 spiro atoms. The van der Waals surface area contributed by atoms with Gasteiger partial charge in [-0.15, -0.1) is 0 Å². The molecule has 0 amide bonds. The number of hydrogen-bond donors (Lipinski definition) is 0. The Kier molecular flexibility index (Phi) is 10.4. The van der Waals surface area contributed by atoms with Gasteiger partial charge in [-0.2, -0.15) is 0 Å². The van der Waals surface area contributed by atoms with Crippen LogP contribution in [0.2, 0.25) is 0 Å². The Morgan fingerprint density at radius 2 is 0.867 bits per heavy atom. The Labute approximate surface area is 101 Å². The first-order valence-electron chi connectivity index (χ1n) is 5.49. The van der Waals surface area contributed by atoms with E-state index in [0.29, 0.717) is 12.8 Å². The molecule has 0 aliphatic rings. The Hall–Kier alpha value is -0.0800. The quantitative estimate of drug-likeness (QED) is 0.435. The monoisotopic (exact) mass is 252 g/mol. The Morgan fingerprint density at radius 3 is 1.13 bits per heavy atom. The molecule has 4 heteroatoms. The summed E-state index contributed by atoms with van der Waals surface area (Å²) >= 11 is 10.4. The highest BCUT2D eigenvalue weighted by Gasteiger charge is 1.97. The zero-order chi connectivity index (χ0) is 11.5. The lowest BCUT2D eigenvalue weighted by atomic mass is 10.1. The third-order valence-corrected chi connectivity index (χ3v) is 2.62. The van der Waals surface area contributed by atoms with Crippen LogP contribution in [0.25, 0.3) is 0 Å². The van der Waals surface area contributed by atoms with Crippen LogP contribution in [0.5, 0.6) is 0 Å². The summed E-state index contributed by atoms with van der Waals surface area (Å²) in [7, 11) is 0. The van der Waals surface area contributed by atoms with E-state index in [1.165, 1.54) is 0 Å². The molecule has 0 bridgehead atoms. The third-order valence-electron chi connectivity index (χ3n) is 2.25. The van der Waals surface area contributed by atoms with Crippen molar-refractivity contribution in [1.29, 1.82) is 0 Å². The minimum atomic E-state index is -0.240. The van der Waals surface area contributed by atoms with Crippen LogP contribution in [0.3, 0.4) is 0 Å². The van der Waals surface area contributed by atoms with E-state index in [2.05, 4.69) is 0 Å². The molecular weight excluding hydrogens is 235 g/mol. The highest BCUT2D eigenvalue weighted by atomic mass is 35.5. The number of rotatable bonds is 10. The number of hydrogen-bond acceptors (Lipinski definition) is 2. The van der Waals surface area contributed by atoms with Gasteiger partial charge in [-0.25, -0.2) is 0 Å². The zero-order valence-corrected chi connectivity index (χ0v) is 10.4. The van der Waals surface area contributed by atoms with E-state index in [1.807, 2.05) is 0 Å². The molecule has 0 atom stereocenters. The summed E-state index contributed by atoms with van der Waals surface area (Å²) < 4.78 is 0. The highest BCUT2D eigenvalue weighted by Crippen LogP contribution is 2.10. The molecule has 0 aromatic carbocycles. The van der Waals surface area contributed by atoms with Crippen molar-refractivity contribution in [1.82, 2.24) is 0 Å². The molecule has 15 heavy (non-hydrogen) atoms. The van der Waals surface area contributed by atoms with Gasteiger partial charge >= 0.3 is 0 Å². The Balaban J connectivity index is 2.99. The first-order chi connectivity index (χ1) is 7.13. The number of carbonyl (C=O) groups is 2. The average molecular weight is 253 g/mol. The van der Waals surface area contributed by atoms with Crippen LogP contribution in [0.1, 0.15) is 57.8 Å². The smallest absolute Gasteiger partial charge is 0.221 e. The summed E-state index contributed by atoms with van der Waals surface area (Å²) in [6, 6.07) is 0. The van der Waals surface area contributed by atoms with Gasteiger partial charge < -0.3 is 0 Å². The lowest BCUT2D eigenvalue weighted by Gasteiger charge is -1.99. The van der Waals surface area contributed by atoms with Gasteiger partial charge in [-0.1, -0.05) is 32.1 Å². The van der Waals surface area contributed by atoms with E-state index in [0.717, 1.165) is 44.9 Å². The normalized spacial score (nSPS) is 10.3. The molecule has 0 aliphatic heterocycles. The summed E-state index contributed by atoms with van der Waals surface area (Å²) in [6.45, 7) is 0. The Bertz CT molecular complexity index is 173. The van der Waals surface area contributed by atoms with E-state index in [4.69, 9.17) is 23.2 Å². The topological polar surface area (TPSA) is 34.1 Å². The van der Waals surface area contributed by atoms with Gasteiger partial charge in [0.15, 0.2) is 0 Å². The molecule has 0 rings (SSSR count). The standard InChI is InChI=1S/C11H18Cl2O2/c12-10(14)8-6-4-2-1-3-5-7-9-11(13)15/h1-9H2. The largest absolute Gasteiger partial charge is 0.281 e. The van der Waals surface area contributed by atoms with Crippen LogP contribution in [-0.2, 0) is 9.59 Å². The fraction of sp³-hybridized carbons (Fsp3) is 0.818. The molecule has 0 heterocycles. The maximum Gasteiger partial charge on any atom is 0.221 e. The van der Waals surface area contributed by atoms with Crippen molar-refractivity contribution in [3.63, 3.8) is 0 Å². The second kappa shape index (κ2) is 10.4. The molecule has 88 valence electrons. The SMILES string of the molecule is O=C(Cl)CCCCCCCCCC(=O)Cl. The summed E-state index contributed by atoms with van der Waals surface area (Å²) in [6.07, 6.45) is 8.32. The van der Waals surface area contributed by atoms with Gasteiger partial charge in [-0.05, 0) is 36.0 Å². The van der Waals surface area contributed by atoms with Crippen LogP contribution >= 0.6 is 23.2 Å². The van der Waals surface area contributed by atoms with Gasteiger partial charge in [0, 0.05) is 12.8 Å². The van der Waals surface area contributed by atoms with Crippen molar-refractivity contribution >= 4 is 33.7 Å². The molecule has 0 aliphatic carbocycles. The van der Waals surface area contributed by atoms with E-state index >= 15 is 0 Å². The molecule has 0 unspecified atom stereocenters. The molecule has 2 nitrogen and oxygen atoms in total. The van der Waals surface area contributed by atoms with Crippen molar-refractivity contribution in [3.05, 3.63) is 0 Å². The molecule has 0 aromatic rings. The van der Waals surface area contributed by atoms with Crippen LogP contribution in [-0.4, -0.2) is 10.5 Å².